The van der Waals surface area contributed by atoms with Crippen molar-refractivity contribution in [2.24, 2.45) is 0 Å². The lowest BCUT2D eigenvalue weighted by atomic mass is 9.84. The summed E-state index contributed by atoms with van der Waals surface area (Å²) in [6, 6.07) is 5.61. The zero-order chi connectivity index (χ0) is 22.2. The Morgan fingerprint density at radius 3 is 2.90 bits per heavy atom. The molecule has 7 nitrogen and oxygen atoms in total. The van der Waals surface area contributed by atoms with Crippen LogP contribution in [0.2, 0.25) is 5.02 Å². The third kappa shape index (κ3) is 4.60. The van der Waals surface area contributed by atoms with Gasteiger partial charge in [-0.1, -0.05) is 11.6 Å². The van der Waals surface area contributed by atoms with Crippen LogP contribution in [0.25, 0.3) is 0 Å². The van der Waals surface area contributed by atoms with Crippen LogP contribution in [0.5, 0.6) is 0 Å². The minimum Gasteiger partial charge on any atom is -0.365 e. The lowest BCUT2D eigenvalue weighted by molar-refractivity contribution is 0.0500. The van der Waals surface area contributed by atoms with E-state index in [-0.39, 0.29) is 29.3 Å². The molecule has 4 rings (SSSR count). The first-order chi connectivity index (χ1) is 14.8. The average Bonchev–Trinajstić information content (AvgIpc) is 3.19. The molecule has 2 atom stereocenters. The molecule has 0 aliphatic carbocycles. The van der Waals surface area contributed by atoms with E-state index in [0.29, 0.717) is 22.3 Å². The predicted molar refractivity (Wildman–Crippen MR) is 121 cm³/mol. The van der Waals surface area contributed by atoms with Crippen molar-refractivity contribution in [2.75, 3.05) is 24.2 Å². The van der Waals surface area contributed by atoms with Crippen LogP contribution >= 0.6 is 11.6 Å². The average molecular weight is 447 g/mol. The molecule has 2 fully saturated rings. The monoisotopic (exact) mass is 446 g/mol. The molecule has 2 saturated heterocycles. The maximum Gasteiger partial charge on any atom is 0.252 e. The second kappa shape index (κ2) is 8.59. The molecule has 1 amide bonds. The van der Waals surface area contributed by atoms with E-state index < -0.39 is 5.82 Å². The summed E-state index contributed by atoms with van der Waals surface area (Å²) in [5.74, 6) is -0.300. The van der Waals surface area contributed by atoms with Gasteiger partial charge in [0.1, 0.15) is 0 Å². The van der Waals surface area contributed by atoms with Gasteiger partial charge >= 0.3 is 0 Å². The van der Waals surface area contributed by atoms with Gasteiger partial charge in [-0.25, -0.2) is 9.37 Å². The molecule has 3 N–H and O–H groups in total. The molecule has 1 aromatic carbocycles. The quantitative estimate of drug-likeness (QED) is 0.638. The number of carbonyl (C=O) groups excluding carboxylic acids is 1. The number of hydrogen-bond acceptors (Lipinski definition) is 6. The van der Waals surface area contributed by atoms with Crippen molar-refractivity contribution in [3.05, 3.63) is 40.8 Å². The van der Waals surface area contributed by atoms with Crippen molar-refractivity contribution >= 4 is 35.0 Å². The number of benzene rings is 1. The fraction of sp³-hybridized carbons (Fsp3) is 0.500. The number of rotatable bonds is 5. The molecule has 3 heterocycles. The van der Waals surface area contributed by atoms with E-state index in [2.05, 4.69) is 44.7 Å². The molecule has 0 radical (unpaired) electrons. The van der Waals surface area contributed by atoms with Crippen LogP contribution < -0.4 is 16.0 Å². The van der Waals surface area contributed by atoms with E-state index in [0.717, 1.165) is 25.6 Å². The molecule has 2 aliphatic rings. The number of anilines is 3. The van der Waals surface area contributed by atoms with Gasteiger partial charge in [0.25, 0.3) is 5.91 Å². The zero-order valence-electron chi connectivity index (χ0n) is 18.0. The van der Waals surface area contributed by atoms with Crippen molar-refractivity contribution in [2.45, 2.75) is 57.2 Å². The van der Waals surface area contributed by atoms with Crippen LogP contribution in [-0.2, 0) is 0 Å². The van der Waals surface area contributed by atoms with Gasteiger partial charge in [0.2, 0.25) is 5.95 Å². The van der Waals surface area contributed by atoms with Crippen molar-refractivity contribution in [1.82, 2.24) is 20.2 Å². The van der Waals surface area contributed by atoms with Gasteiger partial charge in [-0.15, -0.1) is 0 Å². The second-order valence-electron chi connectivity index (χ2n) is 8.87. The normalized spacial score (nSPS) is 22.6. The summed E-state index contributed by atoms with van der Waals surface area (Å²) in [5.41, 5.74) is 1.05. The number of halogens is 2. The van der Waals surface area contributed by atoms with E-state index in [1.165, 1.54) is 12.8 Å². The Balaban J connectivity index is 1.49. The maximum atomic E-state index is 14.5. The van der Waals surface area contributed by atoms with Crippen molar-refractivity contribution in [3.8, 4) is 0 Å². The van der Waals surface area contributed by atoms with Crippen LogP contribution in [0.4, 0.5) is 21.8 Å². The van der Waals surface area contributed by atoms with Crippen LogP contribution in [-0.4, -0.2) is 52.0 Å². The molecular formula is C22H28ClFN6O. The van der Waals surface area contributed by atoms with Crippen LogP contribution in [0.3, 0.4) is 0 Å². The topological polar surface area (TPSA) is 82.2 Å². The van der Waals surface area contributed by atoms with E-state index in [4.69, 9.17) is 11.6 Å². The smallest absolute Gasteiger partial charge is 0.252 e. The molecule has 0 bridgehead atoms. The number of aromatic nitrogens is 2. The van der Waals surface area contributed by atoms with Crippen LogP contribution in [0, 0.1) is 5.82 Å². The molecule has 9 heteroatoms. The third-order valence-electron chi connectivity index (χ3n) is 6.24. The first kappa shape index (κ1) is 21.8. The van der Waals surface area contributed by atoms with Crippen molar-refractivity contribution in [1.29, 1.82) is 0 Å². The summed E-state index contributed by atoms with van der Waals surface area (Å²) in [7, 11) is 1.55. The SMILES string of the molecule is CNC(=O)c1ccc(Nc2ncc(F)c(N[C@@H]3C[C@@H]4CCCN4C(C)(C)C3)n2)cc1Cl. The van der Waals surface area contributed by atoms with Gasteiger partial charge in [0.15, 0.2) is 11.6 Å². The summed E-state index contributed by atoms with van der Waals surface area (Å²) in [5, 5.41) is 9.19. The fourth-order valence-electron chi connectivity index (χ4n) is 4.88. The summed E-state index contributed by atoms with van der Waals surface area (Å²) < 4.78 is 14.5. The summed E-state index contributed by atoms with van der Waals surface area (Å²) in [4.78, 5) is 22.8. The molecule has 1 aromatic heterocycles. The number of nitrogens with zero attached hydrogens (tertiary/aromatic N) is 3. The fourth-order valence-corrected chi connectivity index (χ4v) is 5.15. The van der Waals surface area contributed by atoms with Crippen molar-refractivity contribution < 1.29 is 9.18 Å². The largest absolute Gasteiger partial charge is 0.365 e. The van der Waals surface area contributed by atoms with Crippen LogP contribution in [0.15, 0.2) is 24.4 Å². The minimum absolute atomic E-state index is 0.0744. The molecule has 0 unspecified atom stereocenters. The Bertz CT molecular complexity index is 984. The number of fused-ring (bicyclic) bond motifs is 1. The van der Waals surface area contributed by atoms with Gasteiger partial charge in [0.05, 0.1) is 16.8 Å². The Morgan fingerprint density at radius 1 is 1.35 bits per heavy atom. The van der Waals surface area contributed by atoms with E-state index in [1.807, 2.05) is 0 Å². The summed E-state index contributed by atoms with van der Waals surface area (Å²) >= 11 is 6.21. The van der Waals surface area contributed by atoms with Gasteiger partial charge in [-0.05, 0) is 64.3 Å². The zero-order valence-corrected chi connectivity index (χ0v) is 18.8. The van der Waals surface area contributed by atoms with Crippen molar-refractivity contribution in [3.63, 3.8) is 0 Å². The first-order valence-electron chi connectivity index (χ1n) is 10.6. The Hall–Kier alpha value is -2.45. The molecule has 2 aromatic rings. The summed E-state index contributed by atoms with van der Waals surface area (Å²) in [6.45, 7) is 5.66. The standard InChI is InChI=1S/C22H28ClFN6O/c1-22(2)11-14(9-15-5-4-8-30(15)22)27-19-18(24)12-26-21(29-19)28-13-6-7-16(17(23)10-13)20(31)25-3/h6-7,10,12,14-15H,4-5,8-9,11H2,1-3H3,(H,25,31)(H2,26,27,28,29)/t14-,15+/m1/s1. The second-order valence-corrected chi connectivity index (χ2v) is 9.28. The molecule has 2 aliphatic heterocycles. The van der Waals surface area contributed by atoms with Crippen LogP contribution in [0.1, 0.15) is 49.9 Å². The third-order valence-corrected chi connectivity index (χ3v) is 6.55. The lowest BCUT2D eigenvalue weighted by Crippen LogP contribution is -2.55. The van der Waals surface area contributed by atoms with Gasteiger partial charge in [-0.2, -0.15) is 4.98 Å². The van der Waals surface area contributed by atoms with Gasteiger partial charge in [0, 0.05) is 30.4 Å². The number of nitrogens with one attached hydrogen (secondary N) is 3. The molecule has 31 heavy (non-hydrogen) atoms. The highest BCUT2D eigenvalue weighted by Crippen LogP contribution is 2.38. The Kier molecular flexibility index (Phi) is 6.03. The summed E-state index contributed by atoms with van der Waals surface area (Å²) in [6.07, 6.45) is 5.47. The number of hydrogen-bond donors (Lipinski definition) is 3. The van der Waals surface area contributed by atoms with E-state index >= 15 is 0 Å². The number of amides is 1. The molecule has 0 saturated carbocycles. The van der Waals surface area contributed by atoms with Gasteiger partial charge in [-0.3, -0.25) is 9.69 Å². The predicted octanol–water partition coefficient (Wildman–Crippen LogP) is 4.19. The molecule has 0 spiro atoms. The Morgan fingerprint density at radius 2 is 2.16 bits per heavy atom. The van der Waals surface area contributed by atoms with E-state index in [9.17, 15) is 9.18 Å². The highest BCUT2D eigenvalue weighted by molar-refractivity contribution is 6.34. The van der Waals surface area contributed by atoms with Gasteiger partial charge < -0.3 is 16.0 Å². The highest BCUT2D eigenvalue weighted by Gasteiger charge is 2.43. The Labute approximate surface area is 186 Å². The number of carbonyl (C=O) groups is 1. The highest BCUT2D eigenvalue weighted by atomic mass is 35.5. The maximum absolute atomic E-state index is 14.5. The minimum atomic E-state index is -0.481. The first-order valence-corrected chi connectivity index (χ1v) is 11.0. The number of piperidine rings is 1. The lowest BCUT2D eigenvalue weighted by Gasteiger charge is -2.47. The van der Waals surface area contributed by atoms with E-state index in [1.54, 1.807) is 25.2 Å². The molecule has 166 valence electrons. The molecular weight excluding hydrogens is 419 g/mol.